The fraction of sp³-hybridized carbons (Fsp3) is 0.0870. The van der Waals surface area contributed by atoms with Crippen LogP contribution in [0.15, 0.2) is 60.8 Å². The van der Waals surface area contributed by atoms with Gasteiger partial charge in [-0.2, -0.15) is 5.10 Å². The van der Waals surface area contributed by atoms with Crippen molar-refractivity contribution >= 4 is 50.6 Å². The number of carbonyl (C=O) groups is 1. The number of hydrogen-bond donors (Lipinski definition) is 3. The Hall–Kier alpha value is -3.82. The molecule has 0 radical (unpaired) electrons. The molecule has 0 aliphatic carbocycles. The lowest BCUT2D eigenvalue weighted by molar-refractivity contribution is 0.0950. The largest absolute Gasteiger partial charge is 0.346 e. The van der Waals surface area contributed by atoms with Crippen LogP contribution in [0.3, 0.4) is 0 Å². The quantitative estimate of drug-likeness (QED) is 0.315. The Morgan fingerprint density at radius 3 is 2.88 bits per heavy atom. The van der Waals surface area contributed by atoms with Crippen LogP contribution in [0.4, 0.5) is 10.8 Å². The van der Waals surface area contributed by atoms with E-state index in [0.29, 0.717) is 33.0 Å². The maximum atomic E-state index is 12.6. The first-order valence-electron chi connectivity index (χ1n) is 10.1. The number of pyridine rings is 1. The van der Waals surface area contributed by atoms with Gasteiger partial charge in [-0.3, -0.25) is 14.9 Å². The predicted molar refractivity (Wildman–Crippen MR) is 130 cm³/mol. The zero-order valence-electron chi connectivity index (χ0n) is 17.5. The number of aromatic nitrogens is 5. The Bertz CT molecular complexity index is 1460. The molecule has 0 atom stereocenters. The SMILES string of the molecule is Cc1cccc(CNC(=O)c2cccc(-c3nnc(Nc4ccc5[nH]ncc5c4Cl)s3)c2)n1. The smallest absolute Gasteiger partial charge is 0.251 e. The molecular formula is C23H18ClN7OS. The number of anilines is 2. The van der Waals surface area contributed by atoms with Crippen molar-refractivity contribution in [3.05, 3.63) is 82.8 Å². The lowest BCUT2D eigenvalue weighted by Crippen LogP contribution is -2.23. The standard InChI is InChI=1S/C23H18ClN7OS/c1-13-4-2-7-16(27-13)11-25-21(32)14-5-3-6-15(10-14)22-30-31-23(33-22)28-19-9-8-18-17(20(19)24)12-26-29-18/h2-10,12H,11H2,1H3,(H,25,32)(H,26,29)(H,28,31). The molecule has 3 heterocycles. The number of nitrogens with zero attached hydrogens (tertiary/aromatic N) is 4. The third-order valence-electron chi connectivity index (χ3n) is 4.97. The molecule has 5 rings (SSSR count). The zero-order chi connectivity index (χ0) is 22.8. The molecule has 0 spiro atoms. The third-order valence-corrected chi connectivity index (χ3v) is 6.27. The van der Waals surface area contributed by atoms with Gasteiger partial charge >= 0.3 is 0 Å². The molecule has 3 aromatic heterocycles. The maximum Gasteiger partial charge on any atom is 0.251 e. The molecule has 0 aliphatic rings. The van der Waals surface area contributed by atoms with Crippen LogP contribution in [0.5, 0.6) is 0 Å². The van der Waals surface area contributed by atoms with E-state index in [1.54, 1.807) is 18.3 Å². The number of hydrogen-bond acceptors (Lipinski definition) is 7. The van der Waals surface area contributed by atoms with E-state index in [1.165, 1.54) is 11.3 Å². The number of rotatable bonds is 6. The summed E-state index contributed by atoms with van der Waals surface area (Å²) < 4.78 is 0. The highest BCUT2D eigenvalue weighted by atomic mass is 35.5. The van der Waals surface area contributed by atoms with E-state index in [4.69, 9.17) is 11.6 Å². The van der Waals surface area contributed by atoms with Crippen LogP contribution in [-0.2, 0) is 6.54 Å². The second-order valence-corrected chi connectivity index (χ2v) is 8.68. The summed E-state index contributed by atoms with van der Waals surface area (Å²) >= 11 is 7.85. The van der Waals surface area contributed by atoms with Gasteiger partial charge in [0.05, 0.1) is 34.7 Å². The van der Waals surface area contributed by atoms with Crippen molar-refractivity contribution in [1.29, 1.82) is 0 Å². The highest BCUT2D eigenvalue weighted by Gasteiger charge is 2.13. The number of carbonyl (C=O) groups excluding carboxylic acids is 1. The van der Waals surface area contributed by atoms with Crippen LogP contribution in [-0.4, -0.2) is 31.3 Å². The van der Waals surface area contributed by atoms with Gasteiger partial charge in [-0.25, -0.2) is 0 Å². The van der Waals surface area contributed by atoms with Crippen LogP contribution in [0, 0.1) is 6.92 Å². The third kappa shape index (κ3) is 4.55. The Balaban J connectivity index is 1.30. The fourth-order valence-corrected chi connectivity index (χ4v) is 4.36. The molecule has 10 heteroatoms. The van der Waals surface area contributed by atoms with Gasteiger partial charge in [0.1, 0.15) is 5.01 Å². The van der Waals surface area contributed by atoms with Crippen LogP contribution in [0.1, 0.15) is 21.7 Å². The van der Waals surface area contributed by atoms with Crippen LogP contribution in [0.25, 0.3) is 21.5 Å². The highest BCUT2D eigenvalue weighted by Crippen LogP contribution is 2.34. The first kappa shape index (κ1) is 21.0. The van der Waals surface area contributed by atoms with E-state index in [2.05, 4.69) is 36.0 Å². The minimum atomic E-state index is -0.178. The Labute approximate surface area is 198 Å². The van der Waals surface area contributed by atoms with Crippen molar-refractivity contribution in [2.24, 2.45) is 0 Å². The molecular weight excluding hydrogens is 458 g/mol. The summed E-state index contributed by atoms with van der Waals surface area (Å²) in [6.07, 6.45) is 1.68. The molecule has 2 aromatic carbocycles. The van der Waals surface area contributed by atoms with E-state index in [1.807, 2.05) is 49.4 Å². The van der Waals surface area contributed by atoms with E-state index >= 15 is 0 Å². The minimum Gasteiger partial charge on any atom is -0.346 e. The number of amides is 1. The van der Waals surface area contributed by atoms with Crippen molar-refractivity contribution in [1.82, 2.24) is 30.7 Å². The normalized spacial score (nSPS) is 11.0. The van der Waals surface area contributed by atoms with Crippen molar-refractivity contribution < 1.29 is 4.79 Å². The highest BCUT2D eigenvalue weighted by molar-refractivity contribution is 7.18. The molecule has 8 nitrogen and oxygen atoms in total. The number of nitrogens with one attached hydrogen (secondary N) is 3. The number of aromatic amines is 1. The van der Waals surface area contributed by atoms with Crippen molar-refractivity contribution in [2.75, 3.05) is 5.32 Å². The predicted octanol–water partition coefficient (Wildman–Crippen LogP) is 5.11. The molecule has 0 aliphatic heterocycles. The molecule has 0 fully saturated rings. The molecule has 0 saturated heterocycles. The van der Waals surface area contributed by atoms with Crippen molar-refractivity contribution in [3.8, 4) is 10.6 Å². The molecule has 33 heavy (non-hydrogen) atoms. The van der Waals surface area contributed by atoms with E-state index in [9.17, 15) is 4.79 Å². The Morgan fingerprint density at radius 2 is 2.00 bits per heavy atom. The Morgan fingerprint density at radius 1 is 1.12 bits per heavy atom. The average Bonchev–Trinajstić information content (AvgIpc) is 3.50. The van der Waals surface area contributed by atoms with Gasteiger partial charge in [0.15, 0.2) is 0 Å². The van der Waals surface area contributed by atoms with Gasteiger partial charge in [-0.15, -0.1) is 10.2 Å². The average molecular weight is 476 g/mol. The molecule has 3 N–H and O–H groups in total. The summed E-state index contributed by atoms with van der Waals surface area (Å²) in [6, 6.07) is 16.8. The fourth-order valence-electron chi connectivity index (χ4n) is 3.35. The van der Waals surface area contributed by atoms with Gasteiger partial charge < -0.3 is 10.6 Å². The van der Waals surface area contributed by atoms with Crippen LogP contribution < -0.4 is 10.6 Å². The van der Waals surface area contributed by atoms with E-state index in [0.717, 1.165) is 27.9 Å². The molecule has 164 valence electrons. The van der Waals surface area contributed by atoms with Crippen LogP contribution >= 0.6 is 22.9 Å². The topological polar surface area (TPSA) is 108 Å². The monoisotopic (exact) mass is 475 g/mol. The summed E-state index contributed by atoms with van der Waals surface area (Å²) in [5.74, 6) is -0.178. The lowest BCUT2D eigenvalue weighted by Gasteiger charge is -2.06. The Kier molecular flexibility index (Phi) is 5.72. The molecule has 5 aromatic rings. The number of aryl methyl sites for hydroxylation is 1. The molecule has 0 bridgehead atoms. The van der Waals surface area contributed by atoms with E-state index in [-0.39, 0.29) is 5.91 Å². The first-order valence-corrected chi connectivity index (χ1v) is 11.3. The summed E-state index contributed by atoms with van der Waals surface area (Å²) in [7, 11) is 0. The lowest BCUT2D eigenvalue weighted by atomic mass is 10.1. The summed E-state index contributed by atoms with van der Waals surface area (Å²) in [4.78, 5) is 17.1. The second-order valence-electron chi connectivity index (χ2n) is 7.33. The molecule has 0 unspecified atom stereocenters. The summed E-state index contributed by atoms with van der Waals surface area (Å²) in [5, 5.41) is 24.2. The zero-order valence-corrected chi connectivity index (χ0v) is 19.0. The van der Waals surface area contributed by atoms with Crippen molar-refractivity contribution in [3.63, 3.8) is 0 Å². The van der Waals surface area contributed by atoms with Gasteiger partial charge in [0, 0.05) is 22.2 Å². The second kappa shape index (κ2) is 8.97. The van der Waals surface area contributed by atoms with Gasteiger partial charge in [0.25, 0.3) is 5.91 Å². The molecule has 1 amide bonds. The summed E-state index contributed by atoms with van der Waals surface area (Å²) in [6.45, 7) is 2.28. The number of H-pyrrole nitrogens is 1. The van der Waals surface area contributed by atoms with E-state index < -0.39 is 0 Å². The van der Waals surface area contributed by atoms with Gasteiger partial charge in [-0.05, 0) is 43.3 Å². The van der Waals surface area contributed by atoms with Gasteiger partial charge in [-0.1, -0.05) is 41.1 Å². The molecule has 0 saturated carbocycles. The maximum absolute atomic E-state index is 12.6. The van der Waals surface area contributed by atoms with Crippen molar-refractivity contribution in [2.45, 2.75) is 13.5 Å². The number of halogens is 1. The first-order chi connectivity index (χ1) is 16.1. The van der Waals surface area contributed by atoms with Gasteiger partial charge in [0.2, 0.25) is 5.13 Å². The summed E-state index contributed by atoms with van der Waals surface area (Å²) in [5.41, 5.74) is 4.64. The van der Waals surface area contributed by atoms with Crippen LogP contribution in [0.2, 0.25) is 5.02 Å². The number of fused-ring (bicyclic) bond motifs is 1. The number of benzene rings is 2. The minimum absolute atomic E-state index is 0.178.